The SMILES string of the molecule is COc1ccc(OC)c(C2NCCCC2N)c1. The highest BCUT2D eigenvalue weighted by molar-refractivity contribution is 5.43. The molecular formula is C13H20N2O2. The van der Waals surface area contributed by atoms with Crippen LogP contribution < -0.4 is 20.5 Å². The molecule has 2 rings (SSSR count). The Hall–Kier alpha value is -1.26. The number of nitrogens with two attached hydrogens (primary N) is 1. The molecule has 0 saturated carbocycles. The lowest BCUT2D eigenvalue weighted by atomic mass is 9.92. The summed E-state index contributed by atoms with van der Waals surface area (Å²) in [6.45, 7) is 0.999. The summed E-state index contributed by atoms with van der Waals surface area (Å²) in [5, 5.41) is 3.45. The summed E-state index contributed by atoms with van der Waals surface area (Å²) in [4.78, 5) is 0. The third-order valence-electron chi connectivity index (χ3n) is 3.28. The second-order valence-corrected chi connectivity index (χ2v) is 4.35. The molecule has 1 aromatic carbocycles. The van der Waals surface area contributed by atoms with Crippen LogP contribution >= 0.6 is 0 Å². The number of rotatable bonds is 3. The predicted molar refractivity (Wildman–Crippen MR) is 67.5 cm³/mol. The van der Waals surface area contributed by atoms with E-state index in [1.54, 1.807) is 14.2 Å². The van der Waals surface area contributed by atoms with E-state index in [1.807, 2.05) is 18.2 Å². The van der Waals surface area contributed by atoms with Gasteiger partial charge in [0.2, 0.25) is 0 Å². The summed E-state index contributed by atoms with van der Waals surface area (Å²) >= 11 is 0. The fourth-order valence-electron chi connectivity index (χ4n) is 2.34. The van der Waals surface area contributed by atoms with Gasteiger partial charge in [0.1, 0.15) is 11.5 Å². The van der Waals surface area contributed by atoms with Gasteiger partial charge in [-0.15, -0.1) is 0 Å². The Bertz CT molecular complexity index is 382. The molecule has 0 aromatic heterocycles. The molecule has 3 N–H and O–H groups in total. The lowest BCUT2D eigenvalue weighted by Crippen LogP contribution is -2.42. The highest BCUT2D eigenvalue weighted by atomic mass is 16.5. The molecule has 1 aromatic rings. The van der Waals surface area contributed by atoms with Crippen molar-refractivity contribution in [2.24, 2.45) is 5.73 Å². The quantitative estimate of drug-likeness (QED) is 0.834. The lowest BCUT2D eigenvalue weighted by molar-refractivity contribution is 0.337. The summed E-state index contributed by atoms with van der Waals surface area (Å²) in [6.07, 6.45) is 2.17. The third-order valence-corrected chi connectivity index (χ3v) is 3.28. The molecule has 2 unspecified atom stereocenters. The van der Waals surface area contributed by atoms with Crippen molar-refractivity contribution >= 4 is 0 Å². The summed E-state index contributed by atoms with van der Waals surface area (Å²) in [6, 6.07) is 6.11. The van der Waals surface area contributed by atoms with Crippen molar-refractivity contribution in [2.45, 2.75) is 24.9 Å². The van der Waals surface area contributed by atoms with E-state index in [-0.39, 0.29) is 12.1 Å². The summed E-state index contributed by atoms with van der Waals surface area (Å²) in [5.41, 5.74) is 7.25. The number of ether oxygens (including phenoxy) is 2. The van der Waals surface area contributed by atoms with Crippen molar-refractivity contribution in [3.05, 3.63) is 23.8 Å². The van der Waals surface area contributed by atoms with Crippen molar-refractivity contribution in [1.29, 1.82) is 0 Å². The first kappa shape index (κ1) is 12.2. The molecule has 0 aliphatic carbocycles. The van der Waals surface area contributed by atoms with Gasteiger partial charge in [-0.25, -0.2) is 0 Å². The van der Waals surface area contributed by atoms with E-state index < -0.39 is 0 Å². The van der Waals surface area contributed by atoms with Crippen molar-refractivity contribution in [1.82, 2.24) is 5.32 Å². The number of hydrogen-bond acceptors (Lipinski definition) is 4. The molecule has 94 valence electrons. The monoisotopic (exact) mass is 236 g/mol. The van der Waals surface area contributed by atoms with Gasteiger partial charge < -0.3 is 20.5 Å². The molecule has 0 amide bonds. The van der Waals surface area contributed by atoms with Crippen LogP contribution in [0.25, 0.3) is 0 Å². The highest BCUT2D eigenvalue weighted by Crippen LogP contribution is 2.32. The maximum atomic E-state index is 6.17. The van der Waals surface area contributed by atoms with Crippen LogP contribution in [0.4, 0.5) is 0 Å². The zero-order valence-electron chi connectivity index (χ0n) is 10.4. The first-order valence-electron chi connectivity index (χ1n) is 5.97. The Labute approximate surface area is 102 Å². The number of hydrogen-bond donors (Lipinski definition) is 2. The van der Waals surface area contributed by atoms with Crippen LogP contribution in [0.3, 0.4) is 0 Å². The van der Waals surface area contributed by atoms with Crippen LogP contribution in [-0.4, -0.2) is 26.8 Å². The first-order chi connectivity index (χ1) is 8.26. The van der Waals surface area contributed by atoms with E-state index in [0.29, 0.717) is 0 Å². The maximum absolute atomic E-state index is 6.17. The Kier molecular flexibility index (Phi) is 3.86. The average Bonchev–Trinajstić information content (AvgIpc) is 2.38. The second-order valence-electron chi connectivity index (χ2n) is 4.35. The lowest BCUT2D eigenvalue weighted by Gasteiger charge is -2.31. The van der Waals surface area contributed by atoms with Crippen LogP contribution in [0.5, 0.6) is 11.5 Å². The largest absolute Gasteiger partial charge is 0.497 e. The van der Waals surface area contributed by atoms with E-state index >= 15 is 0 Å². The fraction of sp³-hybridized carbons (Fsp3) is 0.538. The van der Waals surface area contributed by atoms with Crippen molar-refractivity contribution in [3.63, 3.8) is 0 Å². The Morgan fingerprint density at radius 3 is 2.76 bits per heavy atom. The molecule has 1 heterocycles. The molecular weight excluding hydrogens is 216 g/mol. The smallest absolute Gasteiger partial charge is 0.123 e. The van der Waals surface area contributed by atoms with Gasteiger partial charge in [-0.05, 0) is 37.6 Å². The molecule has 0 radical (unpaired) electrons. The van der Waals surface area contributed by atoms with Gasteiger partial charge in [0.15, 0.2) is 0 Å². The molecule has 2 atom stereocenters. The average molecular weight is 236 g/mol. The molecule has 1 fully saturated rings. The topological polar surface area (TPSA) is 56.5 Å². The third kappa shape index (κ3) is 2.53. The van der Waals surface area contributed by atoms with E-state index in [9.17, 15) is 0 Å². The van der Waals surface area contributed by atoms with Crippen LogP contribution in [0, 0.1) is 0 Å². The van der Waals surface area contributed by atoms with Gasteiger partial charge in [-0.3, -0.25) is 0 Å². The Morgan fingerprint density at radius 1 is 1.29 bits per heavy atom. The molecule has 1 saturated heterocycles. The molecule has 0 spiro atoms. The van der Waals surface area contributed by atoms with E-state index in [4.69, 9.17) is 15.2 Å². The molecule has 1 aliphatic heterocycles. The summed E-state index contributed by atoms with van der Waals surface area (Å²) < 4.78 is 10.7. The molecule has 17 heavy (non-hydrogen) atoms. The molecule has 1 aliphatic rings. The van der Waals surface area contributed by atoms with Gasteiger partial charge in [-0.1, -0.05) is 0 Å². The van der Waals surface area contributed by atoms with Crippen LogP contribution in [0.1, 0.15) is 24.4 Å². The molecule has 4 heteroatoms. The van der Waals surface area contributed by atoms with Gasteiger partial charge >= 0.3 is 0 Å². The minimum Gasteiger partial charge on any atom is -0.497 e. The summed E-state index contributed by atoms with van der Waals surface area (Å²) in [7, 11) is 3.35. The number of benzene rings is 1. The first-order valence-corrected chi connectivity index (χ1v) is 5.97. The van der Waals surface area contributed by atoms with Crippen LogP contribution in [0.2, 0.25) is 0 Å². The summed E-state index contributed by atoms with van der Waals surface area (Å²) in [5.74, 6) is 1.70. The second kappa shape index (κ2) is 5.38. The van der Waals surface area contributed by atoms with Gasteiger partial charge in [0.25, 0.3) is 0 Å². The predicted octanol–water partition coefficient (Wildman–Crippen LogP) is 1.46. The zero-order chi connectivity index (χ0) is 12.3. The molecule has 4 nitrogen and oxygen atoms in total. The minimum atomic E-state index is 0.129. The van der Waals surface area contributed by atoms with E-state index in [1.165, 1.54) is 0 Å². The maximum Gasteiger partial charge on any atom is 0.123 e. The van der Waals surface area contributed by atoms with E-state index in [0.717, 1.165) is 36.4 Å². The van der Waals surface area contributed by atoms with Gasteiger partial charge in [-0.2, -0.15) is 0 Å². The minimum absolute atomic E-state index is 0.129. The van der Waals surface area contributed by atoms with Crippen LogP contribution in [-0.2, 0) is 0 Å². The fourth-order valence-corrected chi connectivity index (χ4v) is 2.34. The number of methoxy groups -OCH3 is 2. The number of nitrogens with one attached hydrogen (secondary N) is 1. The molecule has 0 bridgehead atoms. The highest BCUT2D eigenvalue weighted by Gasteiger charge is 2.25. The Morgan fingerprint density at radius 2 is 2.12 bits per heavy atom. The van der Waals surface area contributed by atoms with Crippen molar-refractivity contribution in [3.8, 4) is 11.5 Å². The van der Waals surface area contributed by atoms with Crippen LogP contribution in [0.15, 0.2) is 18.2 Å². The van der Waals surface area contributed by atoms with Gasteiger partial charge in [0.05, 0.1) is 20.3 Å². The van der Waals surface area contributed by atoms with E-state index in [2.05, 4.69) is 5.32 Å². The normalized spacial score (nSPS) is 24.4. The van der Waals surface area contributed by atoms with Gasteiger partial charge in [0, 0.05) is 11.6 Å². The van der Waals surface area contributed by atoms with Crippen molar-refractivity contribution in [2.75, 3.05) is 20.8 Å². The standard InChI is InChI=1S/C13H20N2O2/c1-16-9-5-6-12(17-2)10(8-9)13-11(14)4-3-7-15-13/h5-6,8,11,13,15H,3-4,7,14H2,1-2H3. The number of piperidine rings is 1. The Balaban J connectivity index is 2.33. The van der Waals surface area contributed by atoms with Crippen molar-refractivity contribution < 1.29 is 9.47 Å². The zero-order valence-corrected chi connectivity index (χ0v) is 10.4.